The second kappa shape index (κ2) is 6.46. The van der Waals surface area contributed by atoms with E-state index < -0.39 is 0 Å². The fourth-order valence-corrected chi connectivity index (χ4v) is 2.95. The molecule has 118 valence electrons. The third-order valence-corrected chi connectivity index (χ3v) is 4.18. The Hall–Kier alpha value is -1.92. The number of hydrogen-bond donors (Lipinski definition) is 2. The summed E-state index contributed by atoms with van der Waals surface area (Å²) in [4.78, 5) is 16.2. The molecule has 1 aliphatic heterocycles. The van der Waals surface area contributed by atoms with Crippen molar-refractivity contribution in [3.63, 3.8) is 0 Å². The first-order valence-electron chi connectivity index (χ1n) is 7.72. The number of hydrogen-bond acceptors (Lipinski definition) is 5. The number of allylic oxidation sites excluding steroid dienone is 1. The predicted octanol–water partition coefficient (Wildman–Crippen LogP) is 1.41. The molecule has 0 aliphatic carbocycles. The Bertz CT molecular complexity index is 665. The van der Waals surface area contributed by atoms with E-state index in [9.17, 15) is 5.11 Å². The van der Waals surface area contributed by atoms with Gasteiger partial charge in [0.05, 0.1) is 11.5 Å². The van der Waals surface area contributed by atoms with E-state index in [-0.39, 0.29) is 6.10 Å². The molecule has 3 rings (SSSR count). The minimum atomic E-state index is -0.379. The molecule has 0 spiro atoms. The Morgan fingerprint density at radius 3 is 3.09 bits per heavy atom. The van der Waals surface area contributed by atoms with Crippen molar-refractivity contribution in [3.8, 4) is 0 Å². The highest BCUT2D eigenvalue weighted by Crippen LogP contribution is 2.23. The van der Waals surface area contributed by atoms with E-state index >= 15 is 0 Å². The van der Waals surface area contributed by atoms with Crippen LogP contribution in [0.15, 0.2) is 30.2 Å². The van der Waals surface area contributed by atoms with Gasteiger partial charge in [-0.15, -0.1) is 0 Å². The molecule has 0 bridgehead atoms. The molecule has 1 atom stereocenters. The second-order valence-electron chi connectivity index (χ2n) is 5.91. The molecule has 0 amide bonds. The molecule has 6 nitrogen and oxygen atoms in total. The molecule has 1 aliphatic rings. The monoisotopic (exact) mass is 301 g/mol. The zero-order chi connectivity index (χ0) is 15.5. The summed E-state index contributed by atoms with van der Waals surface area (Å²) in [5.74, 6) is 0.898. The van der Waals surface area contributed by atoms with Gasteiger partial charge >= 0.3 is 0 Å². The average molecular weight is 301 g/mol. The van der Waals surface area contributed by atoms with Gasteiger partial charge in [0.2, 0.25) is 0 Å². The molecule has 22 heavy (non-hydrogen) atoms. The summed E-state index contributed by atoms with van der Waals surface area (Å²) >= 11 is 0. The first-order chi connectivity index (χ1) is 10.7. The van der Waals surface area contributed by atoms with Gasteiger partial charge in [0.1, 0.15) is 17.8 Å². The van der Waals surface area contributed by atoms with E-state index in [1.807, 2.05) is 12.3 Å². The normalized spacial score (nSPS) is 21.3. The number of nitrogens with one attached hydrogen (secondary N) is 1. The Kier molecular flexibility index (Phi) is 4.40. The molecule has 1 unspecified atom stereocenters. The van der Waals surface area contributed by atoms with E-state index in [1.165, 1.54) is 5.57 Å². The van der Waals surface area contributed by atoms with Crippen molar-refractivity contribution >= 4 is 16.9 Å². The lowest BCUT2D eigenvalue weighted by atomic mass is 10.2. The highest BCUT2D eigenvalue weighted by molar-refractivity contribution is 5.87. The first kappa shape index (κ1) is 15.0. The minimum absolute atomic E-state index is 0.379. The van der Waals surface area contributed by atoms with Crippen LogP contribution in [0, 0.1) is 0 Å². The van der Waals surface area contributed by atoms with Crippen LogP contribution in [0.25, 0.3) is 11.0 Å². The van der Waals surface area contributed by atoms with Crippen LogP contribution >= 0.6 is 0 Å². The van der Waals surface area contributed by atoms with Crippen LogP contribution < -0.4 is 4.90 Å². The lowest BCUT2D eigenvalue weighted by Gasteiger charge is -2.23. The smallest absolute Gasteiger partial charge is 0.142 e. The molecule has 2 N–H and O–H groups in total. The lowest BCUT2D eigenvalue weighted by Crippen LogP contribution is -2.34. The van der Waals surface area contributed by atoms with E-state index in [4.69, 9.17) is 0 Å². The largest absolute Gasteiger partial charge is 0.390 e. The molecule has 2 aromatic heterocycles. The molecule has 1 saturated heterocycles. The van der Waals surface area contributed by atoms with Crippen molar-refractivity contribution in [2.45, 2.75) is 20.0 Å². The van der Waals surface area contributed by atoms with Crippen molar-refractivity contribution in [1.82, 2.24) is 19.9 Å². The number of aromatic amines is 1. The van der Waals surface area contributed by atoms with Crippen LogP contribution in [-0.4, -0.2) is 63.8 Å². The summed E-state index contributed by atoms with van der Waals surface area (Å²) in [6, 6.07) is 1.99. The van der Waals surface area contributed by atoms with E-state index in [0.717, 1.165) is 36.5 Å². The molecule has 0 radical (unpaired) electrons. The van der Waals surface area contributed by atoms with Gasteiger partial charge in [-0.2, -0.15) is 0 Å². The highest BCUT2D eigenvalue weighted by atomic mass is 16.3. The standard InChI is InChI=1S/C16H23N5O/c1-3-12(2)8-20-6-7-21(10-13(22)9-20)16-14-4-5-17-15(14)18-11-19-16/h3-5,11,13,22H,6-10H2,1-2H3,(H,17,18,19)/b12-3+. The van der Waals surface area contributed by atoms with Gasteiger partial charge in [-0.25, -0.2) is 9.97 Å². The summed E-state index contributed by atoms with van der Waals surface area (Å²) in [5.41, 5.74) is 2.17. The molecule has 1 fully saturated rings. The maximum Gasteiger partial charge on any atom is 0.142 e. The minimum Gasteiger partial charge on any atom is -0.390 e. The third-order valence-electron chi connectivity index (χ3n) is 4.18. The SMILES string of the molecule is C/C=C(\C)CN1CCN(c2ncnc3[nH]ccc23)CC(O)C1. The quantitative estimate of drug-likeness (QED) is 0.839. The van der Waals surface area contributed by atoms with Crippen LogP contribution in [-0.2, 0) is 0 Å². The number of fused-ring (bicyclic) bond motifs is 1. The lowest BCUT2D eigenvalue weighted by molar-refractivity contribution is 0.137. The topological polar surface area (TPSA) is 68.3 Å². The third kappa shape index (κ3) is 3.13. The summed E-state index contributed by atoms with van der Waals surface area (Å²) < 4.78 is 0. The molecule has 6 heteroatoms. The van der Waals surface area contributed by atoms with Gasteiger partial charge in [0.15, 0.2) is 0 Å². The van der Waals surface area contributed by atoms with Gasteiger partial charge in [0, 0.05) is 38.9 Å². The molecular formula is C16H23N5O. The van der Waals surface area contributed by atoms with Crippen molar-refractivity contribution in [2.75, 3.05) is 37.6 Å². The maximum absolute atomic E-state index is 10.3. The van der Waals surface area contributed by atoms with Gasteiger partial charge in [-0.1, -0.05) is 11.6 Å². The highest BCUT2D eigenvalue weighted by Gasteiger charge is 2.23. The van der Waals surface area contributed by atoms with E-state index in [0.29, 0.717) is 13.1 Å². The molecular weight excluding hydrogens is 278 g/mol. The number of aliphatic hydroxyl groups is 1. The number of β-amino-alcohol motifs (C(OH)–C–C–N with tert-alkyl or cyclic N) is 1. The number of H-pyrrole nitrogens is 1. The van der Waals surface area contributed by atoms with Crippen LogP contribution in [0.4, 0.5) is 5.82 Å². The molecule has 3 heterocycles. The van der Waals surface area contributed by atoms with Crippen molar-refractivity contribution in [3.05, 3.63) is 30.2 Å². The molecule has 2 aromatic rings. The number of nitrogens with zero attached hydrogens (tertiary/aromatic N) is 4. The maximum atomic E-state index is 10.3. The van der Waals surface area contributed by atoms with Crippen LogP contribution in [0.1, 0.15) is 13.8 Å². The number of anilines is 1. The summed E-state index contributed by atoms with van der Waals surface area (Å²) in [5, 5.41) is 11.4. The van der Waals surface area contributed by atoms with Crippen LogP contribution in [0.5, 0.6) is 0 Å². The van der Waals surface area contributed by atoms with Crippen molar-refractivity contribution < 1.29 is 5.11 Å². The average Bonchev–Trinajstić information content (AvgIpc) is 2.91. The molecule has 0 saturated carbocycles. The van der Waals surface area contributed by atoms with E-state index in [2.05, 4.69) is 44.7 Å². The van der Waals surface area contributed by atoms with Crippen molar-refractivity contribution in [1.29, 1.82) is 0 Å². The Balaban J connectivity index is 1.80. The summed E-state index contributed by atoms with van der Waals surface area (Å²) in [6.07, 6.45) is 5.20. The second-order valence-corrected chi connectivity index (χ2v) is 5.91. The van der Waals surface area contributed by atoms with Crippen LogP contribution in [0.3, 0.4) is 0 Å². The summed E-state index contributed by atoms with van der Waals surface area (Å²) in [7, 11) is 0. The fourth-order valence-electron chi connectivity index (χ4n) is 2.95. The number of rotatable bonds is 3. The first-order valence-corrected chi connectivity index (χ1v) is 7.72. The van der Waals surface area contributed by atoms with Crippen LogP contribution in [0.2, 0.25) is 0 Å². The van der Waals surface area contributed by atoms with Gasteiger partial charge in [0.25, 0.3) is 0 Å². The Labute approximate surface area is 130 Å². The zero-order valence-electron chi connectivity index (χ0n) is 13.2. The predicted molar refractivity (Wildman–Crippen MR) is 88.0 cm³/mol. The number of aromatic nitrogens is 3. The van der Waals surface area contributed by atoms with E-state index in [1.54, 1.807) is 6.33 Å². The van der Waals surface area contributed by atoms with Gasteiger partial charge in [-0.05, 0) is 19.9 Å². The van der Waals surface area contributed by atoms with Gasteiger partial charge < -0.3 is 15.0 Å². The molecule has 0 aromatic carbocycles. The Morgan fingerprint density at radius 2 is 2.27 bits per heavy atom. The summed E-state index contributed by atoms with van der Waals surface area (Å²) in [6.45, 7) is 8.15. The van der Waals surface area contributed by atoms with Crippen molar-refractivity contribution in [2.24, 2.45) is 0 Å². The zero-order valence-corrected chi connectivity index (χ0v) is 13.2. The number of aliphatic hydroxyl groups excluding tert-OH is 1. The van der Waals surface area contributed by atoms with Gasteiger partial charge in [-0.3, -0.25) is 4.90 Å². The Morgan fingerprint density at radius 1 is 1.41 bits per heavy atom. The fraction of sp³-hybridized carbons (Fsp3) is 0.500.